The van der Waals surface area contributed by atoms with Gasteiger partial charge in [-0.1, -0.05) is 17.7 Å². The van der Waals surface area contributed by atoms with E-state index in [0.717, 1.165) is 5.69 Å². The Morgan fingerprint density at radius 3 is 2.90 bits per heavy atom. The second-order valence-electron chi connectivity index (χ2n) is 4.64. The van der Waals surface area contributed by atoms with Crippen LogP contribution in [0.5, 0.6) is 0 Å². The number of aliphatic imine (C=N–C) groups is 1. The third kappa shape index (κ3) is 3.31. The number of anilines is 1. The number of hydrogen-bond acceptors (Lipinski definition) is 4. The van der Waals surface area contributed by atoms with E-state index in [1.165, 1.54) is 11.8 Å². The van der Waals surface area contributed by atoms with Crippen molar-refractivity contribution in [2.45, 2.75) is 17.6 Å². The quantitative estimate of drug-likeness (QED) is 0.483. The number of rotatable bonds is 2. The molecular weight excluding hydrogens is 310 g/mol. The fraction of sp³-hybridized carbons (Fsp3) is 0.231. The van der Waals surface area contributed by atoms with E-state index < -0.39 is 6.29 Å². The number of carbonyl (C=O) groups excluding carboxylic acids is 1. The van der Waals surface area contributed by atoms with Gasteiger partial charge in [-0.25, -0.2) is 4.99 Å². The van der Waals surface area contributed by atoms with Gasteiger partial charge in [-0.15, -0.1) is 11.8 Å². The van der Waals surface area contributed by atoms with Crippen molar-refractivity contribution in [1.29, 1.82) is 0 Å². The van der Waals surface area contributed by atoms with Crippen molar-refractivity contribution in [2.75, 3.05) is 5.32 Å². The second-order valence-corrected chi connectivity index (χ2v) is 6.12. The Hall–Kier alpha value is -1.70. The number of thioether (sulfide) groups is 1. The van der Waals surface area contributed by atoms with Gasteiger partial charge >= 0.3 is 0 Å². The van der Waals surface area contributed by atoms with E-state index in [1.54, 1.807) is 24.3 Å². The highest BCUT2D eigenvalue weighted by Gasteiger charge is 2.37. The summed E-state index contributed by atoms with van der Waals surface area (Å²) in [6.07, 6.45) is 1.42. The van der Waals surface area contributed by atoms with Crippen LogP contribution < -0.4 is 21.7 Å². The van der Waals surface area contributed by atoms with Gasteiger partial charge in [-0.05, 0) is 29.7 Å². The number of guanidine groups is 1. The first-order valence-corrected chi connectivity index (χ1v) is 7.68. The molecule has 0 radical (unpaired) electrons. The molecule has 2 heterocycles. The molecule has 0 spiro atoms. The number of halogens is 1. The molecule has 2 aliphatic rings. The average Bonchev–Trinajstić information content (AvgIpc) is 2.90. The Labute approximate surface area is 131 Å². The summed E-state index contributed by atoms with van der Waals surface area (Å²) in [5, 5.41) is 11.4. The SMILES string of the molecule is N/C(=N\C1NC(=O)C2SC=CC2N1)Nc1ccc(Cl)cc1. The van der Waals surface area contributed by atoms with Crippen LogP contribution in [0.4, 0.5) is 5.69 Å². The summed E-state index contributed by atoms with van der Waals surface area (Å²) in [6, 6.07) is 7.08. The van der Waals surface area contributed by atoms with Gasteiger partial charge in [0.15, 0.2) is 12.2 Å². The number of hydrogen-bond donors (Lipinski definition) is 4. The number of nitrogens with one attached hydrogen (secondary N) is 3. The Morgan fingerprint density at radius 1 is 1.38 bits per heavy atom. The number of fused-ring (bicyclic) bond motifs is 1. The Kier molecular flexibility index (Phi) is 4.05. The molecule has 1 aromatic rings. The molecule has 5 N–H and O–H groups in total. The fourth-order valence-corrected chi connectivity index (χ4v) is 3.22. The van der Waals surface area contributed by atoms with Crippen LogP contribution in [0, 0.1) is 0 Å². The number of benzene rings is 1. The molecule has 3 rings (SSSR count). The van der Waals surface area contributed by atoms with Crippen LogP contribution in [-0.4, -0.2) is 29.4 Å². The summed E-state index contributed by atoms with van der Waals surface area (Å²) in [5.74, 6) is 0.171. The van der Waals surface area contributed by atoms with Crippen LogP contribution >= 0.6 is 23.4 Å². The van der Waals surface area contributed by atoms with Gasteiger partial charge in [0.1, 0.15) is 5.25 Å². The third-order valence-corrected chi connectivity index (χ3v) is 4.48. The largest absolute Gasteiger partial charge is 0.370 e. The van der Waals surface area contributed by atoms with E-state index in [4.69, 9.17) is 17.3 Å². The minimum absolute atomic E-state index is 0.0131. The predicted molar refractivity (Wildman–Crippen MR) is 86.1 cm³/mol. The highest BCUT2D eigenvalue weighted by molar-refractivity contribution is 8.03. The van der Waals surface area contributed by atoms with Crippen molar-refractivity contribution in [3.63, 3.8) is 0 Å². The van der Waals surface area contributed by atoms with Gasteiger partial charge in [-0.3, -0.25) is 10.1 Å². The maximum absolute atomic E-state index is 11.9. The van der Waals surface area contributed by atoms with Gasteiger partial charge < -0.3 is 16.4 Å². The van der Waals surface area contributed by atoms with E-state index in [2.05, 4.69) is 20.9 Å². The van der Waals surface area contributed by atoms with E-state index in [9.17, 15) is 4.79 Å². The molecule has 21 heavy (non-hydrogen) atoms. The third-order valence-electron chi connectivity index (χ3n) is 3.11. The lowest BCUT2D eigenvalue weighted by atomic mass is 10.1. The Balaban J connectivity index is 1.65. The summed E-state index contributed by atoms with van der Waals surface area (Å²) in [7, 11) is 0. The molecule has 6 nitrogen and oxygen atoms in total. The standard InChI is InChI=1S/C13H14ClN5OS/c14-7-1-3-8(4-2-7)16-12(15)19-13-17-9-5-6-21-10(9)11(20)18-13/h1-6,9-10,13,17H,(H,18,20)(H3,15,16,19). The normalized spacial score (nSPS) is 28.1. The zero-order valence-corrected chi connectivity index (χ0v) is 12.5. The number of nitrogens with two attached hydrogens (primary N) is 1. The van der Waals surface area contributed by atoms with Crippen molar-refractivity contribution < 1.29 is 4.79 Å². The lowest BCUT2D eigenvalue weighted by Gasteiger charge is -2.30. The monoisotopic (exact) mass is 323 g/mol. The number of amides is 1. The molecule has 0 aromatic heterocycles. The molecule has 1 aromatic carbocycles. The van der Waals surface area contributed by atoms with Gasteiger partial charge in [0.2, 0.25) is 5.91 Å². The second kappa shape index (κ2) is 5.97. The first-order chi connectivity index (χ1) is 10.1. The Bertz CT molecular complexity index is 603. The van der Waals surface area contributed by atoms with E-state index in [-0.39, 0.29) is 23.2 Å². The summed E-state index contributed by atoms with van der Waals surface area (Å²) in [4.78, 5) is 16.1. The van der Waals surface area contributed by atoms with E-state index >= 15 is 0 Å². The van der Waals surface area contributed by atoms with E-state index in [0.29, 0.717) is 5.02 Å². The Morgan fingerprint density at radius 2 is 2.14 bits per heavy atom. The summed E-state index contributed by atoms with van der Waals surface area (Å²) >= 11 is 7.31. The molecule has 3 atom stereocenters. The van der Waals surface area contributed by atoms with Crippen molar-refractivity contribution in [1.82, 2.24) is 10.6 Å². The van der Waals surface area contributed by atoms with Gasteiger partial charge in [-0.2, -0.15) is 0 Å². The zero-order chi connectivity index (χ0) is 14.8. The first kappa shape index (κ1) is 14.2. The van der Waals surface area contributed by atoms with E-state index in [1.807, 2.05) is 11.5 Å². The molecule has 8 heteroatoms. The fourth-order valence-electron chi connectivity index (χ4n) is 2.13. The molecule has 0 bridgehead atoms. The lowest BCUT2D eigenvalue weighted by molar-refractivity contribution is -0.123. The van der Waals surface area contributed by atoms with Crippen LogP contribution in [-0.2, 0) is 4.79 Å². The van der Waals surface area contributed by atoms with Crippen molar-refractivity contribution in [3.8, 4) is 0 Å². The van der Waals surface area contributed by atoms with Crippen LogP contribution in [0.3, 0.4) is 0 Å². The van der Waals surface area contributed by atoms with Crippen LogP contribution in [0.25, 0.3) is 0 Å². The summed E-state index contributed by atoms with van der Waals surface area (Å²) < 4.78 is 0. The predicted octanol–water partition coefficient (Wildman–Crippen LogP) is 1.07. The lowest BCUT2D eigenvalue weighted by Crippen LogP contribution is -2.61. The van der Waals surface area contributed by atoms with Crippen molar-refractivity contribution in [3.05, 3.63) is 40.8 Å². The highest BCUT2D eigenvalue weighted by Crippen LogP contribution is 2.27. The van der Waals surface area contributed by atoms with Crippen LogP contribution in [0.1, 0.15) is 0 Å². The molecular formula is C13H14ClN5OS. The summed E-state index contributed by atoms with van der Waals surface area (Å²) in [6.45, 7) is 0. The maximum atomic E-state index is 11.9. The highest BCUT2D eigenvalue weighted by atomic mass is 35.5. The molecule has 3 unspecified atom stereocenters. The minimum Gasteiger partial charge on any atom is -0.370 e. The molecule has 0 saturated carbocycles. The van der Waals surface area contributed by atoms with Gasteiger partial charge in [0, 0.05) is 10.7 Å². The molecule has 1 fully saturated rings. The topological polar surface area (TPSA) is 91.5 Å². The molecule has 0 aliphatic carbocycles. The van der Waals surface area contributed by atoms with Crippen LogP contribution in [0.15, 0.2) is 40.7 Å². The van der Waals surface area contributed by atoms with Gasteiger partial charge in [0.05, 0.1) is 6.04 Å². The molecule has 110 valence electrons. The average molecular weight is 324 g/mol. The zero-order valence-electron chi connectivity index (χ0n) is 10.9. The minimum atomic E-state index is -0.540. The van der Waals surface area contributed by atoms with Crippen LogP contribution in [0.2, 0.25) is 5.02 Å². The smallest absolute Gasteiger partial charge is 0.238 e. The number of nitrogens with zero attached hydrogens (tertiary/aromatic N) is 1. The molecule has 1 amide bonds. The molecule has 2 aliphatic heterocycles. The van der Waals surface area contributed by atoms with Crippen molar-refractivity contribution in [2.24, 2.45) is 10.7 Å². The van der Waals surface area contributed by atoms with Crippen molar-refractivity contribution >= 4 is 40.9 Å². The first-order valence-electron chi connectivity index (χ1n) is 6.36. The van der Waals surface area contributed by atoms with Gasteiger partial charge in [0.25, 0.3) is 0 Å². The maximum Gasteiger partial charge on any atom is 0.238 e. The molecule has 1 saturated heterocycles. The number of carbonyl (C=O) groups is 1. The summed E-state index contributed by atoms with van der Waals surface area (Å²) in [5.41, 5.74) is 6.62.